The first-order chi connectivity index (χ1) is 35.0. The molecule has 6 amide bonds. The summed E-state index contributed by atoms with van der Waals surface area (Å²) >= 11 is 9.50. The van der Waals surface area contributed by atoms with Crippen molar-refractivity contribution in [3.05, 3.63) is 69.4 Å². The lowest BCUT2D eigenvalue weighted by Crippen LogP contribution is -2.64. The van der Waals surface area contributed by atoms with Crippen LogP contribution < -0.4 is 31.9 Å². The van der Waals surface area contributed by atoms with Gasteiger partial charge in [0.2, 0.25) is 35.4 Å². The number of benzene rings is 2. The van der Waals surface area contributed by atoms with Gasteiger partial charge in [0.1, 0.15) is 46.8 Å². The minimum atomic E-state index is -1.32. The number of aromatic amines is 2. The van der Waals surface area contributed by atoms with Crippen LogP contribution in [0.2, 0.25) is 5.02 Å². The van der Waals surface area contributed by atoms with Crippen molar-refractivity contribution in [2.75, 3.05) is 0 Å². The molecule has 2 fully saturated rings. The number of ketones is 2. The molecule has 10 N–H and O–H groups in total. The average molecular weight is 1110 g/mol. The molecule has 0 aliphatic heterocycles. The van der Waals surface area contributed by atoms with Crippen LogP contribution >= 0.6 is 27.5 Å². The number of Topliss-reactive ketones (excluding diaryl/α,β-unsaturated/α-hetero) is 2. The van der Waals surface area contributed by atoms with E-state index in [4.69, 9.17) is 11.6 Å². The van der Waals surface area contributed by atoms with Crippen molar-refractivity contribution in [3.63, 3.8) is 0 Å². The fourth-order valence-electron chi connectivity index (χ4n) is 9.58. The smallest absolute Gasteiger partial charge is 0.326 e. The first-order valence-electron chi connectivity index (χ1n) is 24.8. The Bertz CT molecular complexity index is 2560. The van der Waals surface area contributed by atoms with Crippen LogP contribution in [0.5, 0.6) is 0 Å². The Morgan fingerprint density at radius 3 is 1.34 bits per heavy atom. The number of carbonyl (C=O) groups is 10. The van der Waals surface area contributed by atoms with Crippen molar-refractivity contribution in [2.24, 2.45) is 0 Å². The third kappa shape index (κ3) is 16.2. The Hall–Kier alpha value is -6.61. The van der Waals surface area contributed by atoms with Gasteiger partial charge in [0.15, 0.2) is 0 Å². The van der Waals surface area contributed by atoms with Gasteiger partial charge < -0.3 is 61.7 Å². The number of carbonyl (C=O) groups excluding carboxylic acids is 8. The van der Waals surface area contributed by atoms with Crippen molar-refractivity contribution in [1.29, 1.82) is 0 Å². The lowest BCUT2D eigenvalue weighted by atomic mass is 9.80. The number of hydrogen-bond acceptors (Lipinski definition) is 10. The van der Waals surface area contributed by atoms with E-state index in [1.807, 2.05) is 24.3 Å². The Labute approximate surface area is 441 Å². The van der Waals surface area contributed by atoms with Gasteiger partial charge in [0.25, 0.3) is 0 Å². The molecule has 4 atom stereocenters. The van der Waals surface area contributed by atoms with E-state index in [1.54, 1.807) is 24.5 Å². The Balaban J connectivity index is 0.000000274. The number of aliphatic carboxylic acids is 2. The maximum absolute atomic E-state index is 13.5. The number of amides is 6. The van der Waals surface area contributed by atoms with Crippen LogP contribution in [0.1, 0.15) is 129 Å². The molecule has 0 spiro atoms. The number of carboxylic acid groups (broad SMARTS) is 2. The van der Waals surface area contributed by atoms with Gasteiger partial charge in [-0.25, -0.2) is 9.59 Å². The monoisotopic (exact) mass is 1110 g/mol. The summed E-state index contributed by atoms with van der Waals surface area (Å²) < 4.78 is 0.901. The van der Waals surface area contributed by atoms with E-state index in [0.29, 0.717) is 56.4 Å². The molecule has 2 saturated carbocycles. The van der Waals surface area contributed by atoms with Crippen molar-refractivity contribution >= 4 is 108 Å². The van der Waals surface area contributed by atoms with Gasteiger partial charge in [-0.05, 0) is 87.8 Å². The van der Waals surface area contributed by atoms with Gasteiger partial charge in [-0.3, -0.25) is 28.8 Å². The molecule has 2 aromatic carbocycles. The van der Waals surface area contributed by atoms with Gasteiger partial charge in [0, 0.05) is 83.2 Å². The summed E-state index contributed by atoms with van der Waals surface area (Å²) in [5.74, 6) is -5.88. The molecule has 2 heterocycles. The molecule has 4 aromatic rings. The minimum Gasteiger partial charge on any atom is -0.480 e. The summed E-state index contributed by atoms with van der Waals surface area (Å²) in [4.78, 5) is 130. The number of hydrogen-bond donors (Lipinski definition) is 10. The largest absolute Gasteiger partial charge is 0.480 e. The first kappa shape index (κ1) is 58.3. The van der Waals surface area contributed by atoms with E-state index < -0.39 is 76.7 Å². The second-order valence-electron chi connectivity index (χ2n) is 19.4. The van der Waals surface area contributed by atoms with E-state index in [1.165, 1.54) is 27.7 Å². The molecule has 0 radical (unpaired) electrons. The number of H-pyrrole nitrogens is 2. The number of halogens is 2. The topological polar surface area (TPSA) is 315 Å². The van der Waals surface area contributed by atoms with Crippen LogP contribution in [0.3, 0.4) is 0 Å². The van der Waals surface area contributed by atoms with Crippen molar-refractivity contribution in [1.82, 2.24) is 41.9 Å². The highest BCUT2D eigenvalue weighted by Gasteiger charge is 2.45. The molecule has 6 rings (SSSR count). The van der Waals surface area contributed by atoms with E-state index >= 15 is 0 Å². The molecule has 2 aliphatic carbocycles. The predicted octanol–water partition coefficient (Wildman–Crippen LogP) is 5.36. The average Bonchev–Trinajstić information content (AvgIpc) is 3.93. The van der Waals surface area contributed by atoms with Crippen LogP contribution in [-0.2, 0) is 60.8 Å². The summed E-state index contributed by atoms with van der Waals surface area (Å²) in [6.45, 7) is 5.35. The van der Waals surface area contributed by atoms with Crippen LogP contribution in [-0.4, -0.2) is 114 Å². The fraction of sp³-hybridized carbons (Fsp3) is 0.500. The van der Waals surface area contributed by atoms with Gasteiger partial charge in [-0.1, -0.05) is 78.2 Å². The summed E-state index contributed by atoms with van der Waals surface area (Å²) in [5.41, 5.74) is 0.661. The van der Waals surface area contributed by atoms with Crippen molar-refractivity contribution in [2.45, 2.75) is 166 Å². The zero-order valence-corrected chi connectivity index (χ0v) is 44.3. The highest BCUT2D eigenvalue weighted by Crippen LogP contribution is 2.32. The molecule has 74 heavy (non-hydrogen) atoms. The number of fused-ring (bicyclic) bond motifs is 2. The highest BCUT2D eigenvalue weighted by atomic mass is 79.9. The van der Waals surface area contributed by atoms with Crippen LogP contribution in [0.25, 0.3) is 21.8 Å². The molecule has 2 aliphatic rings. The second-order valence-corrected chi connectivity index (χ2v) is 20.7. The summed E-state index contributed by atoms with van der Waals surface area (Å²) in [6.07, 6.45) is 9.68. The summed E-state index contributed by atoms with van der Waals surface area (Å²) in [6, 6.07) is 6.64. The molecule has 20 nitrogen and oxygen atoms in total. The lowest BCUT2D eigenvalue weighted by molar-refractivity contribution is -0.145. The molecule has 0 bridgehead atoms. The normalized spacial score (nSPS) is 16.4. The number of nitrogens with one attached hydrogen (secondary N) is 8. The van der Waals surface area contributed by atoms with Crippen LogP contribution in [0.15, 0.2) is 53.3 Å². The number of carboxylic acids is 2. The van der Waals surface area contributed by atoms with E-state index in [9.17, 15) is 58.2 Å². The quantitative estimate of drug-likeness (QED) is 0.0476. The van der Waals surface area contributed by atoms with E-state index in [0.717, 1.165) is 50.2 Å². The molecule has 400 valence electrons. The molecule has 2 aromatic heterocycles. The van der Waals surface area contributed by atoms with Gasteiger partial charge in [0.05, 0.1) is 0 Å². The van der Waals surface area contributed by atoms with E-state index in [-0.39, 0.29) is 56.0 Å². The van der Waals surface area contributed by atoms with Crippen LogP contribution in [0, 0.1) is 0 Å². The fourth-order valence-corrected chi connectivity index (χ4v) is 10.1. The lowest BCUT2D eigenvalue weighted by Gasteiger charge is -2.38. The SMILES string of the molecule is CC(=O)CC[C@H](NC(=O)C1(NC(=O)[C@H](Cc2c[nH]c3cc(Br)ccc23)NC(C)=O)CCCCC1)C(=O)O.CC(=O)CC[C@H](NC(=O)C1(NC(=O)[C@H](Cc2c[nH]c3cc(Cl)ccc23)NC(C)=O)CCCCC1)C(=O)O. The molecule has 0 saturated heterocycles. The van der Waals surface area contributed by atoms with Gasteiger partial charge in [-0.15, -0.1) is 0 Å². The molecular weight excluding hydrogens is 1040 g/mol. The standard InChI is InChI=1S/C26H33BrN4O6.C26H33ClN4O6/c2*1-15(32)6-9-20(24(35)36)30-25(37)26(10-4-3-5-11-26)31-23(34)22(29-16(2)33)12-17-14-28-21-13-18(27)7-8-19(17)21/h2*7-8,13-14,20,22,28H,3-6,9-12H2,1-2H3,(H,29,33)(H,30,37)(H,31,34)(H,35,36)/t2*20-,22-/m00/s1. The predicted molar refractivity (Wildman–Crippen MR) is 279 cm³/mol. The summed E-state index contributed by atoms with van der Waals surface area (Å²) in [7, 11) is 0. The minimum absolute atomic E-state index is 0.0110. The third-order valence-corrected chi connectivity index (χ3v) is 14.2. The Kier molecular flexibility index (Phi) is 20.9. The Morgan fingerprint density at radius 2 is 0.959 bits per heavy atom. The molecule has 0 unspecified atom stereocenters. The maximum atomic E-state index is 13.5. The Morgan fingerprint density at radius 1 is 0.568 bits per heavy atom. The zero-order valence-electron chi connectivity index (χ0n) is 42.0. The second kappa shape index (κ2) is 26.6. The van der Waals surface area contributed by atoms with Gasteiger partial charge >= 0.3 is 11.9 Å². The third-order valence-electron chi connectivity index (χ3n) is 13.5. The zero-order chi connectivity index (χ0) is 54.3. The maximum Gasteiger partial charge on any atom is 0.326 e. The number of rotatable bonds is 22. The first-order valence-corrected chi connectivity index (χ1v) is 25.9. The van der Waals surface area contributed by atoms with Crippen molar-refractivity contribution < 1.29 is 58.2 Å². The van der Waals surface area contributed by atoms with Gasteiger partial charge in [-0.2, -0.15) is 0 Å². The molecular formula is C52H66BrClN8O12. The van der Waals surface area contributed by atoms with Crippen molar-refractivity contribution in [3.8, 4) is 0 Å². The molecule has 22 heteroatoms. The number of aromatic nitrogens is 2. The van der Waals surface area contributed by atoms with Crippen LogP contribution in [0.4, 0.5) is 0 Å². The highest BCUT2D eigenvalue weighted by molar-refractivity contribution is 9.10. The summed E-state index contributed by atoms with van der Waals surface area (Å²) in [5, 5.41) is 37.6. The van der Waals surface area contributed by atoms with E-state index in [2.05, 4.69) is 57.8 Å².